The fourth-order valence-corrected chi connectivity index (χ4v) is 10.5. The highest BCUT2D eigenvalue weighted by molar-refractivity contribution is 5.87. The summed E-state index contributed by atoms with van der Waals surface area (Å²) in [6.07, 6.45) is 6.90. The molecule has 0 aromatic rings. The third-order valence-electron chi connectivity index (χ3n) is 11.9. The van der Waals surface area contributed by atoms with Crippen molar-refractivity contribution in [2.75, 3.05) is 6.61 Å². The molecule has 5 heteroatoms. The van der Waals surface area contributed by atoms with Crippen LogP contribution in [-0.4, -0.2) is 35.4 Å². The topological polar surface area (TPSA) is 72.8 Å². The Bertz CT molecular complexity index is 862. The van der Waals surface area contributed by atoms with Crippen LogP contribution >= 0.6 is 0 Å². The van der Waals surface area contributed by atoms with E-state index in [9.17, 15) is 14.7 Å². The van der Waals surface area contributed by atoms with Gasteiger partial charge in [-0.05, 0) is 73.0 Å². The fraction of sp³-hybridized carbons (Fsp3) is 0.929. The number of carbonyl (C=O) groups excluding carboxylic acids is 2. The van der Waals surface area contributed by atoms with Gasteiger partial charge in [-0.25, -0.2) is 0 Å². The lowest BCUT2D eigenvalue weighted by Crippen LogP contribution is -2.68. The summed E-state index contributed by atoms with van der Waals surface area (Å²) < 4.78 is 11.7. The first-order valence-corrected chi connectivity index (χ1v) is 13.2. The number of hydrogen-bond acceptors (Lipinski definition) is 5. The van der Waals surface area contributed by atoms with Crippen molar-refractivity contribution in [1.29, 1.82) is 0 Å². The van der Waals surface area contributed by atoms with Crippen molar-refractivity contribution < 1.29 is 24.2 Å². The monoisotopic (exact) mass is 460 g/mol. The van der Waals surface area contributed by atoms with Gasteiger partial charge in [0.05, 0.1) is 12.5 Å². The first kappa shape index (κ1) is 23.8. The fourth-order valence-electron chi connectivity index (χ4n) is 10.5. The number of ether oxygens (including phenoxy) is 2. The molecule has 0 aromatic carbocycles. The zero-order valence-electron chi connectivity index (χ0n) is 21.7. The van der Waals surface area contributed by atoms with Crippen LogP contribution in [0.15, 0.2) is 0 Å². The Morgan fingerprint density at radius 2 is 1.67 bits per heavy atom. The number of carbonyl (C=O) groups is 2. The quantitative estimate of drug-likeness (QED) is 0.549. The number of Topliss-reactive ketones (excluding diaryl/α,β-unsaturated/α-hetero) is 1. The van der Waals surface area contributed by atoms with Crippen molar-refractivity contribution in [3.05, 3.63) is 0 Å². The van der Waals surface area contributed by atoms with E-state index in [0.29, 0.717) is 42.5 Å². The second-order valence-corrected chi connectivity index (χ2v) is 13.8. The van der Waals surface area contributed by atoms with Gasteiger partial charge in [0.1, 0.15) is 11.9 Å². The van der Waals surface area contributed by atoms with E-state index in [1.807, 2.05) is 0 Å². The Morgan fingerprint density at radius 1 is 1.00 bits per heavy atom. The van der Waals surface area contributed by atoms with Crippen molar-refractivity contribution in [2.24, 2.45) is 51.2 Å². The summed E-state index contributed by atoms with van der Waals surface area (Å²) in [5, 5.41) is 11.1. The SMILES string of the molecule is CC(=O)O[C@H]1CC2[C@]3(C)CCC4C(C)(C)CCC[C@]4(C)C3CC(=O)[C@]2(C)[C@H]2COC(C)(O)[C@H]12. The van der Waals surface area contributed by atoms with Crippen molar-refractivity contribution in [3.63, 3.8) is 0 Å². The van der Waals surface area contributed by atoms with Gasteiger partial charge >= 0.3 is 5.97 Å². The predicted molar refractivity (Wildman–Crippen MR) is 125 cm³/mol. The van der Waals surface area contributed by atoms with E-state index in [1.165, 1.54) is 32.6 Å². The molecule has 0 amide bonds. The Balaban J connectivity index is 1.59. The third kappa shape index (κ3) is 3.03. The van der Waals surface area contributed by atoms with E-state index in [0.717, 1.165) is 6.42 Å². The molecule has 4 saturated carbocycles. The molecule has 5 fully saturated rings. The van der Waals surface area contributed by atoms with Crippen molar-refractivity contribution in [1.82, 2.24) is 0 Å². The minimum absolute atomic E-state index is 0.0130. The predicted octanol–water partition coefficient (Wildman–Crippen LogP) is 5.14. The number of rotatable bonds is 1. The summed E-state index contributed by atoms with van der Waals surface area (Å²) in [4.78, 5) is 26.2. The lowest BCUT2D eigenvalue weighted by atomic mass is 9.34. The van der Waals surface area contributed by atoms with Crippen LogP contribution in [0.1, 0.15) is 93.4 Å². The van der Waals surface area contributed by atoms with Crippen LogP contribution in [0, 0.1) is 51.2 Å². The van der Waals surface area contributed by atoms with Crippen molar-refractivity contribution >= 4 is 11.8 Å². The van der Waals surface area contributed by atoms with Gasteiger partial charge in [-0.1, -0.05) is 41.0 Å². The second kappa shape index (κ2) is 7.06. The minimum atomic E-state index is -1.38. The molecular formula is C28H44O5. The zero-order valence-corrected chi connectivity index (χ0v) is 21.7. The van der Waals surface area contributed by atoms with Crippen LogP contribution in [0.5, 0.6) is 0 Å². The smallest absolute Gasteiger partial charge is 0.302 e. The number of esters is 1. The summed E-state index contributed by atoms with van der Waals surface area (Å²) in [7, 11) is 0. The molecule has 33 heavy (non-hydrogen) atoms. The molecule has 5 aliphatic rings. The maximum atomic E-state index is 14.2. The molecule has 1 saturated heterocycles. The molecule has 4 aliphatic carbocycles. The molecule has 0 radical (unpaired) electrons. The van der Waals surface area contributed by atoms with Gasteiger partial charge in [-0.3, -0.25) is 9.59 Å². The van der Waals surface area contributed by atoms with Crippen LogP contribution in [0.3, 0.4) is 0 Å². The highest BCUT2D eigenvalue weighted by atomic mass is 16.6. The first-order valence-electron chi connectivity index (χ1n) is 13.2. The summed E-state index contributed by atoms with van der Waals surface area (Å²) >= 11 is 0. The Kier molecular flexibility index (Phi) is 5.09. The van der Waals surface area contributed by atoms with Gasteiger partial charge in [0, 0.05) is 24.7 Å². The maximum Gasteiger partial charge on any atom is 0.302 e. The normalized spacial score (nSPS) is 55.1. The number of aliphatic hydroxyl groups is 1. The Hall–Kier alpha value is -0.940. The molecule has 1 aliphatic heterocycles. The molecule has 186 valence electrons. The van der Waals surface area contributed by atoms with Gasteiger partial charge < -0.3 is 14.6 Å². The van der Waals surface area contributed by atoms with Gasteiger partial charge in [-0.2, -0.15) is 0 Å². The summed E-state index contributed by atoms with van der Waals surface area (Å²) in [6.45, 7) is 15.4. The minimum Gasteiger partial charge on any atom is -0.462 e. The number of hydrogen-bond donors (Lipinski definition) is 1. The van der Waals surface area contributed by atoms with Crippen LogP contribution in [-0.2, 0) is 19.1 Å². The summed E-state index contributed by atoms with van der Waals surface area (Å²) in [5.74, 6) is -0.732. The van der Waals surface area contributed by atoms with Crippen LogP contribution in [0.25, 0.3) is 0 Å². The Morgan fingerprint density at radius 3 is 2.33 bits per heavy atom. The van der Waals surface area contributed by atoms with Gasteiger partial charge in [0.15, 0.2) is 5.79 Å². The van der Waals surface area contributed by atoms with E-state index in [2.05, 4.69) is 34.6 Å². The van der Waals surface area contributed by atoms with Crippen molar-refractivity contribution in [3.8, 4) is 0 Å². The largest absolute Gasteiger partial charge is 0.462 e. The average molecular weight is 461 g/mol. The molecule has 5 rings (SSSR count). The van der Waals surface area contributed by atoms with E-state index >= 15 is 0 Å². The number of ketones is 1. The summed E-state index contributed by atoms with van der Waals surface area (Å²) in [6, 6.07) is 0. The molecule has 1 N–H and O–H groups in total. The lowest BCUT2D eigenvalue weighted by Gasteiger charge is -2.70. The molecule has 0 aromatic heterocycles. The van der Waals surface area contributed by atoms with E-state index in [1.54, 1.807) is 6.92 Å². The molecule has 10 atom stereocenters. The number of fused-ring (bicyclic) bond motifs is 7. The van der Waals surface area contributed by atoms with Gasteiger partial charge in [-0.15, -0.1) is 0 Å². The molecular weight excluding hydrogens is 416 g/mol. The Labute approximate surface area is 199 Å². The van der Waals surface area contributed by atoms with Gasteiger partial charge in [0.25, 0.3) is 0 Å². The van der Waals surface area contributed by atoms with E-state index < -0.39 is 17.3 Å². The molecule has 5 nitrogen and oxygen atoms in total. The molecule has 0 bridgehead atoms. The molecule has 4 unspecified atom stereocenters. The lowest BCUT2D eigenvalue weighted by molar-refractivity contribution is -0.240. The third-order valence-corrected chi connectivity index (χ3v) is 11.9. The molecule has 1 heterocycles. The van der Waals surface area contributed by atoms with Crippen LogP contribution in [0.2, 0.25) is 0 Å². The standard InChI is InChI=1S/C28H44O5/c1-16(29)33-18-13-21-26(5)12-9-19-24(2,3)10-8-11-25(19,4)20(26)14-22(30)27(21,6)17-15-32-28(7,31)23(17)18/h17-21,23,31H,8-15H2,1-7H3/t17-,18-,19?,20?,21?,23-,25-,26+,27+,28?/m0/s1. The second-order valence-electron chi connectivity index (χ2n) is 13.8. The van der Waals surface area contributed by atoms with Crippen LogP contribution in [0.4, 0.5) is 0 Å². The van der Waals surface area contributed by atoms with E-state index in [-0.39, 0.29) is 34.6 Å². The van der Waals surface area contributed by atoms with Crippen molar-refractivity contribution in [2.45, 2.75) is 105 Å². The highest BCUT2D eigenvalue weighted by Gasteiger charge is 2.73. The van der Waals surface area contributed by atoms with E-state index in [4.69, 9.17) is 9.47 Å². The highest BCUT2D eigenvalue weighted by Crippen LogP contribution is 2.73. The zero-order chi connectivity index (χ0) is 24.2. The maximum absolute atomic E-state index is 14.2. The molecule has 0 spiro atoms. The van der Waals surface area contributed by atoms with Gasteiger partial charge in [0.2, 0.25) is 0 Å². The first-order chi connectivity index (χ1) is 15.2. The van der Waals surface area contributed by atoms with Crippen LogP contribution < -0.4 is 0 Å². The average Bonchev–Trinajstić information content (AvgIpc) is 3.01. The summed E-state index contributed by atoms with van der Waals surface area (Å²) in [5.41, 5.74) is -0.0647.